The fourth-order valence-corrected chi connectivity index (χ4v) is 3.15. The molecule has 2 aromatic rings. The van der Waals surface area contributed by atoms with Gasteiger partial charge < -0.3 is 10.1 Å². The van der Waals surface area contributed by atoms with Gasteiger partial charge in [0, 0.05) is 12.0 Å². The summed E-state index contributed by atoms with van der Waals surface area (Å²) in [5.41, 5.74) is 0.923. The lowest BCUT2D eigenvalue weighted by Gasteiger charge is -2.06. The number of ether oxygens (including phenoxy) is 1. The fraction of sp³-hybridized carbons (Fsp3) is 0.211. The number of amides is 1. The van der Waals surface area contributed by atoms with Gasteiger partial charge in [0.15, 0.2) is 9.84 Å². The summed E-state index contributed by atoms with van der Waals surface area (Å²) in [5.74, 6) is 0. The molecule has 0 unspecified atom stereocenters. The second-order valence-corrected chi connectivity index (χ2v) is 7.19. The maximum Gasteiger partial charge on any atom is 0.407 e. The molecule has 0 spiro atoms. The van der Waals surface area contributed by atoms with E-state index in [9.17, 15) is 13.2 Å². The van der Waals surface area contributed by atoms with Crippen LogP contribution in [0.3, 0.4) is 0 Å². The first-order valence-corrected chi connectivity index (χ1v) is 9.54. The van der Waals surface area contributed by atoms with Crippen LogP contribution in [0.2, 0.25) is 0 Å². The second kappa shape index (κ2) is 9.64. The Morgan fingerprint density at radius 3 is 2.32 bits per heavy atom. The molecule has 0 aliphatic carbocycles. The van der Waals surface area contributed by atoms with Crippen molar-refractivity contribution in [3.05, 3.63) is 77.7 Å². The Hall–Kier alpha value is -2.60. The van der Waals surface area contributed by atoms with Crippen LogP contribution in [0.5, 0.6) is 0 Å². The number of carbonyl (C=O) groups is 1. The molecule has 0 radical (unpaired) electrons. The number of benzene rings is 2. The average molecular weight is 359 g/mol. The topological polar surface area (TPSA) is 72.5 Å². The van der Waals surface area contributed by atoms with Gasteiger partial charge in [-0.2, -0.15) is 0 Å². The molecule has 0 aromatic heterocycles. The molecular weight excluding hydrogens is 338 g/mol. The normalized spacial score (nSPS) is 11.4. The van der Waals surface area contributed by atoms with E-state index in [4.69, 9.17) is 4.74 Å². The Balaban J connectivity index is 1.63. The van der Waals surface area contributed by atoms with Gasteiger partial charge in [-0.1, -0.05) is 54.6 Å². The van der Waals surface area contributed by atoms with Gasteiger partial charge in [-0.3, -0.25) is 0 Å². The Morgan fingerprint density at radius 2 is 1.64 bits per heavy atom. The predicted octanol–water partition coefficient (Wildman–Crippen LogP) is 3.68. The minimum absolute atomic E-state index is 0.224. The van der Waals surface area contributed by atoms with Crippen LogP contribution in [0.25, 0.3) is 0 Å². The molecule has 0 aliphatic heterocycles. The quantitative estimate of drug-likeness (QED) is 0.730. The number of sulfone groups is 1. The summed E-state index contributed by atoms with van der Waals surface area (Å²) in [7, 11) is -3.40. The number of hydrogen-bond donors (Lipinski definition) is 1. The number of unbranched alkanes of at least 4 members (excludes halogenated alkanes) is 1. The van der Waals surface area contributed by atoms with Gasteiger partial charge in [0.05, 0.1) is 4.90 Å². The molecule has 0 heterocycles. The lowest BCUT2D eigenvalue weighted by Crippen LogP contribution is -2.25. The average Bonchev–Trinajstić information content (AvgIpc) is 2.64. The third-order valence-electron chi connectivity index (χ3n) is 3.38. The highest BCUT2D eigenvalue weighted by molar-refractivity contribution is 7.94. The Bertz CT molecular complexity index is 787. The molecule has 1 N–H and O–H groups in total. The molecule has 0 saturated carbocycles. The highest BCUT2D eigenvalue weighted by Gasteiger charge is 2.08. The number of allylic oxidation sites excluding steroid dienone is 1. The Labute approximate surface area is 148 Å². The molecule has 0 bridgehead atoms. The van der Waals surface area contributed by atoms with Crippen LogP contribution in [0.4, 0.5) is 4.79 Å². The van der Waals surface area contributed by atoms with Crippen LogP contribution >= 0.6 is 0 Å². The molecule has 5 nitrogen and oxygen atoms in total. The van der Waals surface area contributed by atoms with Gasteiger partial charge in [-0.25, -0.2) is 13.2 Å². The van der Waals surface area contributed by atoms with Gasteiger partial charge >= 0.3 is 6.09 Å². The van der Waals surface area contributed by atoms with Gasteiger partial charge in [-0.15, -0.1) is 0 Å². The van der Waals surface area contributed by atoms with Crippen molar-refractivity contribution in [2.75, 3.05) is 6.54 Å². The molecule has 2 rings (SSSR count). The van der Waals surface area contributed by atoms with Crippen molar-refractivity contribution < 1.29 is 17.9 Å². The molecule has 132 valence electrons. The van der Waals surface area contributed by atoms with Crippen molar-refractivity contribution in [1.29, 1.82) is 0 Å². The third kappa shape index (κ3) is 6.81. The monoisotopic (exact) mass is 359 g/mol. The number of carbonyl (C=O) groups excluding carboxylic acids is 1. The van der Waals surface area contributed by atoms with Crippen LogP contribution < -0.4 is 5.32 Å². The summed E-state index contributed by atoms with van der Waals surface area (Å²) in [6.07, 6.45) is 2.29. The van der Waals surface area contributed by atoms with Gasteiger partial charge in [0.2, 0.25) is 0 Å². The predicted molar refractivity (Wildman–Crippen MR) is 96.6 cm³/mol. The van der Waals surface area contributed by atoms with Crippen molar-refractivity contribution in [3.8, 4) is 0 Å². The summed E-state index contributed by atoms with van der Waals surface area (Å²) in [6.45, 7) is 0.644. The minimum Gasteiger partial charge on any atom is -0.445 e. The standard InChI is InChI=1S/C19H21NO4S/c21-19(24-16-17-10-4-1-5-11-17)20-14-8-3-9-15-25(22,23)18-12-6-2-7-13-18/h1-2,4-7,9-13,15H,3,8,14,16H2,(H,20,21)/b15-9+. The summed E-state index contributed by atoms with van der Waals surface area (Å²) in [6, 6.07) is 17.7. The van der Waals surface area contributed by atoms with E-state index in [1.165, 1.54) is 5.41 Å². The summed E-state index contributed by atoms with van der Waals surface area (Å²) in [4.78, 5) is 11.8. The highest BCUT2D eigenvalue weighted by Crippen LogP contribution is 2.11. The number of nitrogens with one attached hydrogen (secondary N) is 1. The first-order valence-electron chi connectivity index (χ1n) is 7.99. The van der Waals surface area contributed by atoms with Crippen LogP contribution in [0, 0.1) is 0 Å². The van der Waals surface area contributed by atoms with E-state index >= 15 is 0 Å². The number of rotatable bonds is 8. The minimum atomic E-state index is -3.40. The molecule has 25 heavy (non-hydrogen) atoms. The van der Waals surface area contributed by atoms with E-state index in [2.05, 4.69) is 5.32 Å². The van der Waals surface area contributed by atoms with Gasteiger partial charge in [0.25, 0.3) is 0 Å². The summed E-state index contributed by atoms with van der Waals surface area (Å²) in [5, 5.41) is 3.84. The maximum absolute atomic E-state index is 12.0. The molecule has 0 saturated heterocycles. The molecule has 0 atom stereocenters. The molecule has 1 amide bonds. The molecule has 0 aliphatic rings. The lowest BCUT2D eigenvalue weighted by molar-refractivity contribution is 0.139. The van der Waals surface area contributed by atoms with Crippen molar-refractivity contribution in [2.45, 2.75) is 24.3 Å². The number of hydrogen-bond acceptors (Lipinski definition) is 4. The van der Waals surface area contributed by atoms with Crippen molar-refractivity contribution in [3.63, 3.8) is 0 Å². The zero-order chi connectivity index (χ0) is 18.0. The van der Waals surface area contributed by atoms with Crippen molar-refractivity contribution in [2.24, 2.45) is 0 Å². The van der Waals surface area contributed by atoms with E-state index < -0.39 is 15.9 Å². The first-order chi connectivity index (χ1) is 12.1. The SMILES string of the molecule is O=C(NCCC/C=C/S(=O)(=O)c1ccccc1)OCc1ccccc1. The van der Waals surface area contributed by atoms with Crippen LogP contribution in [-0.4, -0.2) is 21.1 Å². The lowest BCUT2D eigenvalue weighted by atomic mass is 10.2. The zero-order valence-electron chi connectivity index (χ0n) is 13.8. The van der Waals surface area contributed by atoms with Crippen LogP contribution in [-0.2, 0) is 21.2 Å². The zero-order valence-corrected chi connectivity index (χ0v) is 14.6. The molecule has 2 aromatic carbocycles. The smallest absolute Gasteiger partial charge is 0.407 e. The maximum atomic E-state index is 12.0. The van der Waals surface area contributed by atoms with Crippen LogP contribution in [0.1, 0.15) is 18.4 Å². The van der Waals surface area contributed by atoms with Gasteiger partial charge in [0.1, 0.15) is 6.61 Å². The molecule has 0 fully saturated rings. The van der Waals surface area contributed by atoms with Crippen LogP contribution in [0.15, 0.2) is 77.0 Å². The fourth-order valence-electron chi connectivity index (χ4n) is 2.07. The van der Waals surface area contributed by atoms with Gasteiger partial charge in [-0.05, 0) is 30.5 Å². The van der Waals surface area contributed by atoms with E-state index in [1.54, 1.807) is 36.4 Å². The molecular formula is C19H21NO4S. The third-order valence-corrected chi connectivity index (χ3v) is 4.86. The largest absolute Gasteiger partial charge is 0.445 e. The van der Waals surface area contributed by atoms with Crippen molar-refractivity contribution >= 4 is 15.9 Å². The van der Waals surface area contributed by atoms with E-state index in [0.29, 0.717) is 19.4 Å². The Kier molecular flexibility index (Phi) is 7.22. The van der Waals surface area contributed by atoms with Crippen molar-refractivity contribution in [1.82, 2.24) is 5.32 Å². The second-order valence-electron chi connectivity index (χ2n) is 5.36. The van der Waals surface area contributed by atoms with E-state index in [-0.39, 0.29) is 11.5 Å². The Morgan fingerprint density at radius 1 is 1.00 bits per heavy atom. The van der Waals surface area contributed by atoms with E-state index in [1.807, 2.05) is 30.3 Å². The van der Waals surface area contributed by atoms with E-state index in [0.717, 1.165) is 5.56 Å². The summed E-state index contributed by atoms with van der Waals surface area (Å²) >= 11 is 0. The highest BCUT2D eigenvalue weighted by atomic mass is 32.2. The molecule has 6 heteroatoms. The first kappa shape index (κ1) is 18.7. The summed E-state index contributed by atoms with van der Waals surface area (Å²) < 4.78 is 29.1. The number of alkyl carbamates (subject to hydrolysis) is 1.